The van der Waals surface area contributed by atoms with E-state index in [-0.39, 0.29) is 18.2 Å². The highest BCUT2D eigenvalue weighted by Crippen LogP contribution is 2.27. The van der Waals surface area contributed by atoms with E-state index in [1.807, 2.05) is 0 Å². The van der Waals surface area contributed by atoms with Gasteiger partial charge in [-0.15, -0.1) is 0 Å². The SMILES string of the molecule is O=C(O)CCCC(S)N1C(=O)c2ccccc2C1=O. The van der Waals surface area contributed by atoms with E-state index in [2.05, 4.69) is 12.6 Å². The summed E-state index contributed by atoms with van der Waals surface area (Å²) >= 11 is 4.24. The Labute approximate surface area is 115 Å². The molecular weight excluding hydrogens is 266 g/mol. The number of imide groups is 1. The van der Waals surface area contributed by atoms with Crippen LogP contribution < -0.4 is 0 Å². The molecule has 1 atom stereocenters. The van der Waals surface area contributed by atoms with E-state index in [1.165, 1.54) is 0 Å². The fourth-order valence-corrected chi connectivity index (χ4v) is 2.44. The summed E-state index contributed by atoms with van der Waals surface area (Å²) < 4.78 is 0. The quantitative estimate of drug-likeness (QED) is 0.636. The Balaban J connectivity index is 2.09. The second-order valence-electron chi connectivity index (χ2n) is 4.29. The number of hydrogen-bond donors (Lipinski definition) is 2. The molecule has 5 nitrogen and oxygen atoms in total. The van der Waals surface area contributed by atoms with Crippen molar-refractivity contribution in [1.82, 2.24) is 4.90 Å². The monoisotopic (exact) mass is 279 g/mol. The van der Waals surface area contributed by atoms with Crippen molar-refractivity contribution in [3.05, 3.63) is 35.4 Å². The zero-order chi connectivity index (χ0) is 14.0. The minimum atomic E-state index is -0.900. The van der Waals surface area contributed by atoms with Crippen LogP contribution in [0.1, 0.15) is 40.0 Å². The van der Waals surface area contributed by atoms with Crippen LogP contribution in [0.15, 0.2) is 24.3 Å². The van der Waals surface area contributed by atoms with Crippen LogP contribution in [0.25, 0.3) is 0 Å². The fraction of sp³-hybridized carbons (Fsp3) is 0.308. The molecule has 0 spiro atoms. The maximum Gasteiger partial charge on any atom is 0.303 e. The van der Waals surface area contributed by atoms with Gasteiger partial charge in [0, 0.05) is 6.42 Å². The van der Waals surface area contributed by atoms with Crippen molar-refractivity contribution in [2.45, 2.75) is 24.6 Å². The summed E-state index contributed by atoms with van der Waals surface area (Å²) in [6.45, 7) is 0. The molecule has 19 heavy (non-hydrogen) atoms. The first-order chi connectivity index (χ1) is 9.02. The molecule has 1 N–H and O–H groups in total. The van der Waals surface area contributed by atoms with Gasteiger partial charge in [-0.1, -0.05) is 12.1 Å². The Hall–Kier alpha value is -1.82. The highest BCUT2D eigenvalue weighted by atomic mass is 32.1. The van der Waals surface area contributed by atoms with Gasteiger partial charge in [-0.05, 0) is 25.0 Å². The third-order valence-electron chi connectivity index (χ3n) is 2.98. The number of carboxylic acids is 1. The number of carboxylic acid groups (broad SMARTS) is 1. The Morgan fingerprint density at radius 3 is 2.21 bits per heavy atom. The molecule has 1 aliphatic rings. The molecule has 0 fully saturated rings. The molecule has 1 aliphatic heterocycles. The largest absolute Gasteiger partial charge is 0.481 e. The van der Waals surface area contributed by atoms with Crippen LogP contribution in [0.2, 0.25) is 0 Å². The van der Waals surface area contributed by atoms with Gasteiger partial charge in [-0.2, -0.15) is 12.6 Å². The molecule has 0 radical (unpaired) electrons. The van der Waals surface area contributed by atoms with Gasteiger partial charge >= 0.3 is 5.97 Å². The average molecular weight is 279 g/mol. The summed E-state index contributed by atoms with van der Waals surface area (Å²) in [4.78, 5) is 35.7. The standard InChI is InChI=1S/C13H13NO4S/c15-11(16)7-3-6-10(19)14-12(17)8-4-1-2-5-9(8)13(14)18/h1-2,4-5,10,19H,3,6-7H2,(H,15,16). The molecule has 0 aliphatic carbocycles. The predicted molar refractivity (Wildman–Crippen MR) is 71.2 cm³/mol. The number of rotatable bonds is 5. The lowest BCUT2D eigenvalue weighted by Crippen LogP contribution is -2.36. The van der Waals surface area contributed by atoms with Crippen LogP contribution in [0.5, 0.6) is 0 Å². The highest BCUT2D eigenvalue weighted by molar-refractivity contribution is 7.80. The van der Waals surface area contributed by atoms with Crippen molar-refractivity contribution in [1.29, 1.82) is 0 Å². The Kier molecular flexibility index (Phi) is 3.90. The van der Waals surface area contributed by atoms with E-state index in [0.717, 1.165) is 4.90 Å². The fourth-order valence-electron chi connectivity index (χ4n) is 2.04. The minimum Gasteiger partial charge on any atom is -0.481 e. The van der Waals surface area contributed by atoms with E-state index in [4.69, 9.17) is 5.11 Å². The van der Waals surface area contributed by atoms with Gasteiger partial charge in [0.25, 0.3) is 11.8 Å². The number of carbonyl (C=O) groups excluding carboxylic acids is 2. The Bertz CT molecular complexity index is 508. The summed E-state index contributed by atoms with van der Waals surface area (Å²) in [6.07, 6.45) is 0.734. The van der Waals surface area contributed by atoms with Gasteiger partial charge in [-0.25, -0.2) is 0 Å². The molecule has 2 rings (SSSR count). The molecule has 0 saturated carbocycles. The minimum absolute atomic E-state index is 0.000228. The smallest absolute Gasteiger partial charge is 0.303 e. The highest BCUT2D eigenvalue weighted by Gasteiger charge is 2.38. The van der Waals surface area contributed by atoms with E-state index in [9.17, 15) is 14.4 Å². The number of nitrogens with zero attached hydrogens (tertiary/aromatic N) is 1. The number of fused-ring (bicyclic) bond motifs is 1. The van der Waals surface area contributed by atoms with Crippen LogP contribution in [0.3, 0.4) is 0 Å². The zero-order valence-electron chi connectivity index (χ0n) is 10.1. The summed E-state index contributed by atoms with van der Waals surface area (Å²) in [5.74, 6) is -1.63. The van der Waals surface area contributed by atoms with Crippen molar-refractivity contribution >= 4 is 30.4 Å². The van der Waals surface area contributed by atoms with Crippen LogP contribution in [-0.2, 0) is 4.79 Å². The first-order valence-electron chi connectivity index (χ1n) is 5.89. The van der Waals surface area contributed by atoms with Crippen LogP contribution >= 0.6 is 12.6 Å². The maximum atomic E-state index is 12.1. The first kappa shape index (κ1) is 13.6. The molecule has 1 unspecified atom stereocenters. The average Bonchev–Trinajstić information content (AvgIpc) is 2.62. The van der Waals surface area contributed by atoms with E-state index >= 15 is 0 Å². The second kappa shape index (κ2) is 5.44. The van der Waals surface area contributed by atoms with Crippen LogP contribution in [0, 0.1) is 0 Å². The number of carbonyl (C=O) groups is 3. The maximum absolute atomic E-state index is 12.1. The van der Waals surface area contributed by atoms with Crippen molar-refractivity contribution in [3.8, 4) is 0 Å². The zero-order valence-corrected chi connectivity index (χ0v) is 11.0. The van der Waals surface area contributed by atoms with E-state index < -0.39 is 11.3 Å². The lowest BCUT2D eigenvalue weighted by Gasteiger charge is -2.21. The van der Waals surface area contributed by atoms with Crippen molar-refractivity contribution < 1.29 is 19.5 Å². The summed E-state index contributed by atoms with van der Waals surface area (Å²) in [5, 5.41) is 7.97. The Morgan fingerprint density at radius 2 is 1.74 bits per heavy atom. The molecule has 0 bridgehead atoms. The molecule has 2 amide bonds. The molecule has 0 saturated heterocycles. The third-order valence-corrected chi connectivity index (χ3v) is 3.47. The van der Waals surface area contributed by atoms with Crippen LogP contribution in [0.4, 0.5) is 0 Å². The van der Waals surface area contributed by atoms with E-state index in [1.54, 1.807) is 24.3 Å². The number of benzene rings is 1. The number of hydrogen-bond acceptors (Lipinski definition) is 4. The lowest BCUT2D eigenvalue weighted by molar-refractivity contribution is -0.137. The normalized spacial score (nSPS) is 15.5. The van der Waals surface area contributed by atoms with Gasteiger partial charge in [0.2, 0.25) is 0 Å². The number of aliphatic carboxylic acids is 1. The van der Waals surface area contributed by atoms with Gasteiger partial charge in [-0.3, -0.25) is 19.3 Å². The summed E-state index contributed by atoms with van der Waals surface area (Å²) in [5.41, 5.74) is 0.759. The summed E-state index contributed by atoms with van der Waals surface area (Å²) in [7, 11) is 0. The lowest BCUT2D eigenvalue weighted by atomic mass is 10.1. The molecule has 100 valence electrons. The topological polar surface area (TPSA) is 74.7 Å². The molecule has 1 heterocycles. The van der Waals surface area contributed by atoms with Gasteiger partial charge < -0.3 is 5.11 Å². The molecule has 0 aromatic heterocycles. The molecule has 6 heteroatoms. The second-order valence-corrected chi connectivity index (χ2v) is 4.89. The molecule has 1 aromatic rings. The first-order valence-corrected chi connectivity index (χ1v) is 6.41. The third kappa shape index (κ3) is 2.63. The van der Waals surface area contributed by atoms with Gasteiger partial charge in [0.1, 0.15) is 0 Å². The molecule has 1 aromatic carbocycles. The van der Waals surface area contributed by atoms with Crippen molar-refractivity contribution in [3.63, 3.8) is 0 Å². The van der Waals surface area contributed by atoms with Crippen molar-refractivity contribution in [2.24, 2.45) is 0 Å². The predicted octanol–water partition coefficient (Wildman–Crippen LogP) is 1.79. The number of amides is 2. The number of thiol groups is 1. The van der Waals surface area contributed by atoms with Gasteiger partial charge in [0.15, 0.2) is 0 Å². The van der Waals surface area contributed by atoms with Crippen LogP contribution in [-0.4, -0.2) is 33.2 Å². The van der Waals surface area contributed by atoms with E-state index in [0.29, 0.717) is 24.0 Å². The van der Waals surface area contributed by atoms with Gasteiger partial charge in [0.05, 0.1) is 16.5 Å². The molecular formula is C13H13NO4S. The Morgan fingerprint density at radius 1 is 1.21 bits per heavy atom. The van der Waals surface area contributed by atoms with Crippen molar-refractivity contribution in [2.75, 3.05) is 0 Å². The summed E-state index contributed by atoms with van der Waals surface area (Å²) in [6, 6.07) is 6.61.